The zero-order chi connectivity index (χ0) is 13.4. The van der Waals surface area contributed by atoms with Crippen molar-refractivity contribution < 1.29 is 4.52 Å². The van der Waals surface area contributed by atoms with Gasteiger partial charge in [0.25, 0.3) is 0 Å². The molecule has 1 saturated carbocycles. The van der Waals surface area contributed by atoms with Gasteiger partial charge in [-0.3, -0.25) is 0 Å². The standard InChI is InChI=1S/C13H13NO.C4H8/c1-8-3-4-10-5-6-11-9(2)15-14-13(11)12(10)7-8;1-4-2-3-4/h3-4,7H,5-6H2,1-2H3;4H,2-3H2,1H3. The van der Waals surface area contributed by atoms with Gasteiger partial charge in [-0.05, 0) is 44.2 Å². The highest BCUT2D eigenvalue weighted by Gasteiger charge is 2.21. The number of rotatable bonds is 0. The minimum absolute atomic E-state index is 0.970. The Morgan fingerprint density at radius 1 is 1.16 bits per heavy atom. The van der Waals surface area contributed by atoms with Crippen LogP contribution in [0.1, 0.15) is 42.2 Å². The van der Waals surface area contributed by atoms with Gasteiger partial charge < -0.3 is 4.52 Å². The Balaban J connectivity index is 0.000000237. The van der Waals surface area contributed by atoms with E-state index in [-0.39, 0.29) is 0 Å². The second kappa shape index (κ2) is 4.84. The first-order chi connectivity index (χ1) is 9.15. The van der Waals surface area contributed by atoms with Gasteiger partial charge >= 0.3 is 0 Å². The lowest BCUT2D eigenvalue weighted by Crippen LogP contribution is -2.03. The number of hydrogen-bond acceptors (Lipinski definition) is 2. The lowest BCUT2D eigenvalue weighted by atomic mass is 9.88. The van der Waals surface area contributed by atoms with Crippen molar-refractivity contribution in [3.05, 3.63) is 40.6 Å². The predicted molar refractivity (Wildman–Crippen MR) is 77.2 cm³/mol. The normalized spacial score (nSPS) is 16.2. The van der Waals surface area contributed by atoms with Crippen molar-refractivity contribution >= 4 is 0 Å². The summed E-state index contributed by atoms with van der Waals surface area (Å²) in [5.74, 6) is 2.05. The van der Waals surface area contributed by atoms with Crippen LogP contribution in [0.15, 0.2) is 22.7 Å². The maximum absolute atomic E-state index is 5.26. The molecule has 0 radical (unpaired) electrons. The summed E-state index contributed by atoms with van der Waals surface area (Å²) in [5, 5.41) is 4.16. The zero-order valence-corrected chi connectivity index (χ0v) is 12.0. The molecule has 0 atom stereocenters. The SMILES string of the molecule is CC1CC1.Cc1ccc2c(c1)-c1noc(C)c1CC2. The summed E-state index contributed by atoms with van der Waals surface area (Å²) in [5.41, 5.74) is 6.27. The Kier molecular flexibility index (Phi) is 3.17. The lowest BCUT2D eigenvalue weighted by Gasteiger charge is -2.15. The van der Waals surface area contributed by atoms with Crippen molar-refractivity contribution in [2.75, 3.05) is 0 Å². The van der Waals surface area contributed by atoms with Crippen LogP contribution in [0.2, 0.25) is 0 Å². The van der Waals surface area contributed by atoms with Crippen LogP contribution in [-0.4, -0.2) is 5.16 Å². The molecule has 4 rings (SSSR count). The largest absolute Gasteiger partial charge is 0.361 e. The lowest BCUT2D eigenvalue weighted by molar-refractivity contribution is 0.398. The summed E-state index contributed by atoms with van der Waals surface area (Å²) in [6.07, 6.45) is 5.13. The molecular formula is C17H21NO. The molecule has 1 aromatic heterocycles. The number of nitrogens with zero attached hydrogens (tertiary/aromatic N) is 1. The third kappa shape index (κ3) is 2.58. The van der Waals surface area contributed by atoms with E-state index in [1.165, 1.54) is 35.1 Å². The van der Waals surface area contributed by atoms with Crippen LogP contribution < -0.4 is 0 Å². The summed E-state index contributed by atoms with van der Waals surface area (Å²) in [6, 6.07) is 6.57. The van der Waals surface area contributed by atoms with Gasteiger partial charge in [-0.25, -0.2) is 0 Å². The Morgan fingerprint density at radius 2 is 1.89 bits per heavy atom. The maximum atomic E-state index is 5.26. The zero-order valence-electron chi connectivity index (χ0n) is 12.0. The minimum atomic E-state index is 0.970. The number of fused-ring (bicyclic) bond motifs is 3. The van der Waals surface area contributed by atoms with Crippen LogP contribution in [-0.2, 0) is 12.8 Å². The van der Waals surface area contributed by atoms with E-state index in [2.05, 4.69) is 37.2 Å². The number of benzene rings is 1. The Labute approximate surface area is 114 Å². The average Bonchev–Trinajstić information content (AvgIpc) is 3.09. The second-order valence-electron chi connectivity index (χ2n) is 5.91. The molecular weight excluding hydrogens is 234 g/mol. The molecule has 0 spiro atoms. The summed E-state index contributed by atoms with van der Waals surface area (Å²) in [7, 11) is 0. The van der Waals surface area contributed by atoms with E-state index >= 15 is 0 Å². The smallest absolute Gasteiger partial charge is 0.137 e. The Hall–Kier alpha value is -1.57. The predicted octanol–water partition coefficient (Wildman–Crippen LogP) is 4.47. The average molecular weight is 255 g/mol. The first kappa shape index (κ1) is 12.5. The molecule has 0 aliphatic heterocycles. The monoisotopic (exact) mass is 255 g/mol. The molecule has 0 bridgehead atoms. The van der Waals surface area contributed by atoms with Crippen LogP contribution in [0.4, 0.5) is 0 Å². The van der Waals surface area contributed by atoms with Crippen LogP contribution >= 0.6 is 0 Å². The fourth-order valence-electron chi connectivity index (χ4n) is 2.45. The molecule has 2 aliphatic carbocycles. The van der Waals surface area contributed by atoms with E-state index in [0.29, 0.717) is 0 Å². The van der Waals surface area contributed by atoms with Crippen molar-refractivity contribution in [2.45, 2.75) is 46.5 Å². The van der Waals surface area contributed by atoms with E-state index in [9.17, 15) is 0 Å². The van der Waals surface area contributed by atoms with Crippen LogP contribution in [0.3, 0.4) is 0 Å². The Morgan fingerprint density at radius 3 is 2.58 bits per heavy atom. The third-order valence-corrected chi connectivity index (χ3v) is 4.02. The molecule has 1 aromatic carbocycles. The maximum Gasteiger partial charge on any atom is 0.137 e. The molecule has 1 heterocycles. The summed E-state index contributed by atoms with van der Waals surface area (Å²) in [4.78, 5) is 0. The minimum Gasteiger partial charge on any atom is -0.361 e. The fourth-order valence-corrected chi connectivity index (χ4v) is 2.45. The van der Waals surface area contributed by atoms with E-state index in [1.807, 2.05) is 6.92 Å². The highest BCUT2D eigenvalue weighted by molar-refractivity contribution is 5.70. The van der Waals surface area contributed by atoms with Gasteiger partial charge in [-0.1, -0.05) is 42.6 Å². The number of aromatic nitrogens is 1. The molecule has 0 unspecified atom stereocenters. The van der Waals surface area contributed by atoms with Crippen molar-refractivity contribution in [1.82, 2.24) is 5.16 Å². The molecule has 0 saturated heterocycles. The molecule has 2 aromatic rings. The Bertz CT molecular complexity index is 593. The molecule has 0 amide bonds. The molecule has 2 nitrogen and oxygen atoms in total. The van der Waals surface area contributed by atoms with Gasteiger partial charge in [0.2, 0.25) is 0 Å². The molecule has 2 aliphatic rings. The molecule has 0 N–H and O–H groups in total. The first-order valence-electron chi connectivity index (χ1n) is 7.20. The van der Waals surface area contributed by atoms with Crippen molar-refractivity contribution in [3.8, 4) is 11.3 Å². The van der Waals surface area contributed by atoms with Gasteiger partial charge in [-0.15, -0.1) is 0 Å². The van der Waals surface area contributed by atoms with Gasteiger partial charge in [0.05, 0.1) is 0 Å². The fraction of sp³-hybridized carbons (Fsp3) is 0.471. The quantitative estimate of drug-likeness (QED) is 0.694. The third-order valence-electron chi connectivity index (χ3n) is 4.02. The van der Waals surface area contributed by atoms with Crippen molar-refractivity contribution in [2.24, 2.45) is 5.92 Å². The molecule has 19 heavy (non-hydrogen) atoms. The first-order valence-corrected chi connectivity index (χ1v) is 7.20. The highest BCUT2D eigenvalue weighted by atomic mass is 16.5. The second-order valence-corrected chi connectivity index (χ2v) is 5.91. The van der Waals surface area contributed by atoms with Gasteiger partial charge in [0.1, 0.15) is 11.5 Å². The summed E-state index contributed by atoms with van der Waals surface area (Å²) in [6.45, 7) is 6.38. The van der Waals surface area contributed by atoms with E-state index in [0.717, 1.165) is 30.2 Å². The van der Waals surface area contributed by atoms with Crippen LogP contribution in [0.25, 0.3) is 11.3 Å². The van der Waals surface area contributed by atoms with E-state index in [1.54, 1.807) is 0 Å². The summed E-state index contributed by atoms with van der Waals surface area (Å²) >= 11 is 0. The van der Waals surface area contributed by atoms with Crippen LogP contribution in [0, 0.1) is 19.8 Å². The van der Waals surface area contributed by atoms with Crippen molar-refractivity contribution in [1.29, 1.82) is 0 Å². The van der Waals surface area contributed by atoms with Gasteiger partial charge in [-0.2, -0.15) is 0 Å². The van der Waals surface area contributed by atoms with Gasteiger partial charge in [0, 0.05) is 11.1 Å². The van der Waals surface area contributed by atoms with Crippen LogP contribution in [0.5, 0.6) is 0 Å². The highest BCUT2D eigenvalue weighted by Crippen LogP contribution is 2.34. The van der Waals surface area contributed by atoms with E-state index in [4.69, 9.17) is 4.52 Å². The molecule has 2 heteroatoms. The van der Waals surface area contributed by atoms with Gasteiger partial charge in [0.15, 0.2) is 0 Å². The molecule has 100 valence electrons. The molecule has 1 fully saturated rings. The number of hydrogen-bond donors (Lipinski definition) is 0. The van der Waals surface area contributed by atoms with E-state index < -0.39 is 0 Å². The van der Waals surface area contributed by atoms with Crippen molar-refractivity contribution in [3.63, 3.8) is 0 Å². The number of aryl methyl sites for hydroxylation is 3. The topological polar surface area (TPSA) is 26.0 Å². The summed E-state index contributed by atoms with van der Waals surface area (Å²) < 4.78 is 5.26.